The molecule has 7 heteroatoms. The van der Waals surface area contributed by atoms with Crippen molar-refractivity contribution in [3.8, 4) is 0 Å². The van der Waals surface area contributed by atoms with E-state index in [0.29, 0.717) is 11.0 Å². The Hall–Kier alpha value is -0.630. The number of halogens is 1. The molecule has 1 atom stereocenters. The third-order valence-corrected chi connectivity index (χ3v) is 5.62. The highest BCUT2D eigenvalue weighted by molar-refractivity contribution is 9.10. The maximum Gasteiger partial charge on any atom is 0.242 e. The molecule has 1 heterocycles. The Labute approximate surface area is 122 Å². The molecule has 106 valence electrons. The number of benzene rings is 1. The first-order chi connectivity index (χ1) is 8.90. The minimum absolute atomic E-state index is 0.0279. The van der Waals surface area contributed by atoms with Crippen LogP contribution < -0.4 is 14.9 Å². The molecule has 19 heavy (non-hydrogen) atoms. The van der Waals surface area contributed by atoms with Gasteiger partial charge in [-0.1, -0.05) is 0 Å². The van der Waals surface area contributed by atoms with Crippen molar-refractivity contribution in [3.05, 3.63) is 22.7 Å². The average molecular weight is 348 g/mol. The standard InChI is InChI=1S/C12H18BrN3O2S/c1-16(2)10-3-4-11(13)12(7-10)19(17,18)15-9-5-6-14-8-9/h3-4,7,9,14-15H,5-6,8H2,1-2H3/t9-/m1/s1. The lowest BCUT2D eigenvalue weighted by atomic mass is 10.3. The van der Waals surface area contributed by atoms with Crippen LogP contribution in [0.4, 0.5) is 5.69 Å². The molecule has 0 spiro atoms. The molecule has 2 rings (SSSR count). The molecule has 1 aromatic rings. The molecule has 1 aliphatic heterocycles. The summed E-state index contributed by atoms with van der Waals surface area (Å²) in [5, 5.41) is 3.14. The Bertz CT molecular complexity index is 554. The Morgan fingerprint density at radius 2 is 2.16 bits per heavy atom. The fourth-order valence-electron chi connectivity index (χ4n) is 2.01. The Kier molecular flexibility index (Phi) is 4.50. The monoisotopic (exact) mass is 347 g/mol. The summed E-state index contributed by atoms with van der Waals surface area (Å²) in [6.07, 6.45) is 0.824. The lowest BCUT2D eigenvalue weighted by Crippen LogP contribution is -2.36. The van der Waals surface area contributed by atoms with Crippen LogP contribution in [0.5, 0.6) is 0 Å². The van der Waals surface area contributed by atoms with E-state index < -0.39 is 10.0 Å². The quantitative estimate of drug-likeness (QED) is 0.857. The lowest BCUT2D eigenvalue weighted by molar-refractivity contribution is 0.559. The van der Waals surface area contributed by atoms with E-state index >= 15 is 0 Å². The van der Waals surface area contributed by atoms with Gasteiger partial charge in [0, 0.05) is 36.8 Å². The molecule has 0 aliphatic carbocycles. The summed E-state index contributed by atoms with van der Waals surface area (Å²) in [7, 11) is 0.272. The molecule has 0 bridgehead atoms. The van der Waals surface area contributed by atoms with Crippen molar-refractivity contribution in [2.45, 2.75) is 17.4 Å². The van der Waals surface area contributed by atoms with Crippen molar-refractivity contribution in [3.63, 3.8) is 0 Å². The number of hydrogen-bond donors (Lipinski definition) is 2. The minimum Gasteiger partial charge on any atom is -0.378 e. The molecule has 1 fully saturated rings. The molecular formula is C12H18BrN3O2S. The van der Waals surface area contributed by atoms with Crippen molar-refractivity contribution in [1.29, 1.82) is 0 Å². The summed E-state index contributed by atoms with van der Waals surface area (Å²) in [5.74, 6) is 0. The molecule has 0 aromatic heterocycles. The van der Waals surface area contributed by atoms with Crippen molar-refractivity contribution in [2.24, 2.45) is 0 Å². The fraction of sp³-hybridized carbons (Fsp3) is 0.500. The van der Waals surface area contributed by atoms with E-state index in [9.17, 15) is 8.42 Å². The van der Waals surface area contributed by atoms with Crippen LogP contribution in [-0.4, -0.2) is 41.6 Å². The van der Waals surface area contributed by atoms with Crippen LogP contribution in [0.15, 0.2) is 27.6 Å². The summed E-state index contributed by atoms with van der Waals surface area (Å²) in [5.41, 5.74) is 0.855. The van der Waals surface area contributed by atoms with E-state index in [-0.39, 0.29) is 10.9 Å². The second-order valence-electron chi connectivity index (χ2n) is 4.82. The molecule has 1 aliphatic rings. The Balaban J connectivity index is 2.30. The van der Waals surface area contributed by atoms with Crippen LogP contribution in [0.3, 0.4) is 0 Å². The van der Waals surface area contributed by atoms with E-state index in [1.807, 2.05) is 25.1 Å². The topological polar surface area (TPSA) is 61.4 Å². The number of anilines is 1. The van der Waals surface area contributed by atoms with Gasteiger partial charge in [-0.25, -0.2) is 13.1 Å². The third kappa shape index (κ3) is 3.47. The number of sulfonamides is 1. The normalized spacial score (nSPS) is 19.6. The van der Waals surface area contributed by atoms with Crippen molar-refractivity contribution in [2.75, 3.05) is 32.1 Å². The number of hydrogen-bond acceptors (Lipinski definition) is 4. The zero-order chi connectivity index (χ0) is 14.0. The Morgan fingerprint density at radius 1 is 1.42 bits per heavy atom. The second-order valence-corrected chi connectivity index (χ2v) is 7.36. The van der Waals surface area contributed by atoms with Crippen LogP contribution in [0.25, 0.3) is 0 Å². The van der Waals surface area contributed by atoms with Gasteiger partial charge < -0.3 is 10.2 Å². The lowest BCUT2D eigenvalue weighted by Gasteiger charge is -2.17. The molecular weight excluding hydrogens is 330 g/mol. The van der Waals surface area contributed by atoms with Crippen LogP contribution in [0.1, 0.15) is 6.42 Å². The highest BCUT2D eigenvalue weighted by atomic mass is 79.9. The van der Waals surface area contributed by atoms with Gasteiger partial charge >= 0.3 is 0 Å². The Morgan fingerprint density at radius 3 is 2.74 bits per heavy atom. The fourth-order valence-corrected chi connectivity index (χ4v) is 4.27. The van der Waals surface area contributed by atoms with Gasteiger partial charge in [0.25, 0.3) is 0 Å². The first-order valence-corrected chi connectivity index (χ1v) is 8.38. The van der Waals surface area contributed by atoms with Crippen molar-refractivity contribution in [1.82, 2.24) is 10.0 Å². The summed E-state index contributed by atoms with van der Waals surface area (Å²) < 4.78 is 28.1. The molecule has 0 unspecified atom stereocenters. The molecule has 0 amide bonds. The van der Waals surface area contributed by atoms with Crippen LogP contribution in [0.2, 0.25) is 0 Å². The zero-order valence-electron chi connectivity index (χ0n) is 11.0. The van der Waals surface area contributed by atoms with Gasteiger partial charge in [0.05, 0.1) is 4.90 Å². The smallest absolute Gasteiger partial charge is 0.242 e. The molecule has 0 saturated carbocycles. The number of nitrogens with one attached hydrogen (secondary N) is 2. The predicted octanol–water partition coefficient (Wildman–Crippen LogP) is 1.16. The largest absolute Gasteiger partial charge is 0.378 e. The van der Waals surface area contributed by atoms with Gasteiger partial charge in [-0.05, 0) is 47.1 Å². The number of rotatable bonds is 4. The molecule has 0 radical (unpaired) electrons. The van der Waals surface area contributed by atoms with E-state index in [1.54, 1.807) is 12.1 Å². The highest BCUT2D eigenvalue weighted by Gasteiger charge is 2.24. The van der Waals surface area contributed by atoms with Gasteiger partial charge in [-0.15, -0.1) is 0 Å². The van der Waals surface area contributed by atoms with Crippen LogP contribution in [-0.2, 0) is 10.0 Å². The predicted molar refractivity (Wildman–Crippen MR) is 80.1 cm³/mol. The minimum atomic E-state index is -3.49. The second kappa shape index (κ2) is 5.78. The zero-order valence-corrected chi connectivity index (χ0v) is 13.4. The maximum absolute atomic E-state index is 12.4. The van der Waals surface area contributed by atoms with Gasteiger partial charge in [0.15, 0.2) is 0 Å². The van der Waals surface area contributed by atoms with Gasteiger partial charge in [0.1, 0.15) is 0 Å². The van der Waals surface area contributed by atoms with Gasteiger partial charge in [-0.2, -0.15) is 0 Å². The molecule has 1 aromatic carbocycles. The number of nitrogens with zero attached hydrogens (tertiary/aromatic N) is 1. The van der Waals surface area contributed by atoms with Crippen LogP contribution >= 0.6 is 15.9 Å². The third-order valence-electron chi connectivity index (χ3n) is 3.10. The van der Waals surface area contributed by atoms with Gasteiger partial charge in [0.2, 0.25) is 10.0 Å². The van der Waals surface area contributed by atoms with E-state index in [2.05, 4.69) is 26.0 Å². The first-order valence-electron chi connectivity index (χ1n) is 6.10. The van der Waals surface area contributed by atoms with E-state index in [0.717, 1.165) is 18.7 Å². The van der Waals surface area contributed by atoms with E-state index in [4.69, 9.17) is 0 Å². The SMILES string of the molecule is CN(C)c1ccc(Br)c(S(=O)(=O)N[C@@H]2CCNC2)c1. The molecule has 1 saturated heterocycles. The highest BCUT2D eigenvalue weighted by Crippen LogP contribution is 2.26. The summed E-state index contributed by atoms with van der Waals surface area (Å²) >= 11 is 3.31. The average Bonchev–Trinajstić information content (AvgIpc) is 2.81. The van der Waals surface area contributed by atoms with Crippen molar-refractivity contribution >= 4 is 31.6 Å². The summed E-state index contributed by atoms with van der Waals surface area (Å²) in [4.78, 5) is 2.16. The van der Waals surface area contributed by atoms with E-state index in [1.165, 1.54) is 0 Å². The summed E-state index contributed by atoms with van der Waals surface area (Å²) in [6, 6.07) is 5.28. The van der Waals surface area contributed by atoms with Gasteiger partial charge in [-0.3, -0.25) is 0 Å². The first kappa shape index (κ1) is 14.8. The summed E-state index contributed by atoms with van der Waals surface area (Å²) in [6.45, 7) is 1.54. The molecule has 5 nitrogen and oxygen atoms in total. The van der Waals surface area contributed by atoms with Crippen molar-refractivity contribution < 1.29 is 8.42 Å². The van der Waals surface area contributed by atoms with Crippen LogP contribution in [0, 0.1) is 0 Å². The maximum atomic E-state index is 12.4. The molecule has 2 N–H and O–H groups in total.